The smallest absolute Gasteiger partial charge is 0.465 e. The van der Waals surface area contributed by atoms with Gasteiger partial charge in [0.15, 0.2) is 0 Å². The van der Waals surface area contributed by atoms with Crippen molar-refractivity contribution in [1.29, 1.82) is 0 Å². The molecule has 0 radical (unpaired) electrons. The average molecular weight is 330 g/mol. The SMILES string of the molecule is CCOC(=O)C[C@H](/C=C/c1ccccc1)B1OC(C)(C)C(C)(C)O1. The second kappa shape index (κ2) is 7.54. The van der Waals surface area contributed by atoms with Gasteiger partial charge in [0.05, 0.1) is 24.2 Å². The molecule has 0 aliphatic carbocycles. The summed E-state index contributed by atoms with van der Waals surface area (Å²) in [5.41, 5.74) is 0.221. The molecule has 5 heteroatoms. The van der Waals surface area contributed by atoms with Crippen LogP contribution in [0, 0.1) is 0 Å². The Kier molecular flexibility index (Phi) is 5.89. The summed E-state index contributed by atoms with van der Waals surface area (Å²) in [6.07, 6.45) is 4.21. The molecule has 2 rings (SSSR count). The van der Waals surface area contributed by atoms with E-state index in [9.17, 15) is 4.79 Å². The zero-order chi connectivity index (χ0) is 17.8. The quantitative estimate of drug-likeness (QED) is 0.581. The number of hydrogen-bond donors (Lipinski definition) is 0. The Bertz CT molecular complexity index is 564. The van der Waals surface area contributed by atoms with Crippen LogP contribution in [0.15, 0.2) is 36.4 Å². The molecule has 4 nitrogen and oxygen atoms in total. The molecule has 1 aliphatic rings. The van der Waals surface area contributed by atoms with E-state index in [-0.39, 0.29) is 18.2 Å². The summed E-state index contributed by atoms with van der Waals surface area (Å²) in [6.45, 7) is 10.2. The molecule has 1 heterocycles. The lowest BCUT2D eigenvalue weighted by atomic mass is 9.69. The monoisotopic (exact) mass is 330 g/mol. The summed E-state index contributed by atoms with van der Waals surface area (Å²) in [4.78, 5) is 12.0. The van der Waals surface area contributed by atoms with Crippen LogP contribution in [0.4, 0.5) is 0 Å². The van der Waals surface area contributed by atoms with Gasteiger partial charge >= 0.3 is 13.1 Å². The van der Waals surface area contributed by atoms with Gasteiger partial charge in [-0.05, 0) is 40.2 Å². The molecule has 1 saturated heterocycles. The highest BCUT2D eigenvalue weighted by Gasteiger charge is 2.53. The van der Waals surface area contributed by atoms with E-state index in [1.807, 2.05) is 77.1 Å². The fourth-order valence-corrected chi connectivity index (χ4v) is 2.53. The Hall–Kier alpha value is -1.59. The topological polar surface area (TPSA) is 44.8 Å². The van der Waals surface area contributed by atoms with Crippen LogP contribution in [-0.4, -0.2) is 30.9 Å². The van der Waals surface area contributed by atoms with Gasteiger partial charge in [0.1, 0.15) is 0 Å². The van der Waals surface area contributed by atoms with Crippen LogP contribution in [0.2, 0.25) is 5.82 Å². The van der Waals surface area contributed by atoms with Gasteiger partial charge < -0.3 is 14.0 Å². The zero-order valence-corrected chi connectivity index (χ0v) is 15.2. The maximum atomic E-state index is 12.0. The van der Waals surface area contributed by atoms with Crippen molar-refractivity contribution in [3.8, 4) is 0 Å². The molecule has 1 aromatic carbocycles. The molecule has 1 atom stereocenters. The molecule has 0 amide bonds. The van der Waals surface area contributed by atoms with Crippen molar-refractivity contribution in [1.82, 2.24) is 0 Å². The van der Waals surface area contributed by atoms with E-state index in [2.05, 4.69) is 0 Å². The van der Waals surface area contributed by atoms with Crippen molar-refractivity contribution in [2.24, 2.45) is 0 Å². The van der Waals surface area contributed by atoms with Crippen molar-refractivity contribution in [3.63, 3.8) is 0 Å². The van der Waals surface area contributed by atoms with Crippen LogP contribution in [0.1, 0.15) is 46.6 Å². The average Bonchev–Trinajstić information content (AvgIpc) is 2.73. The van der Waals surface area contributed by atoms with Crippen LogP contribution in [-0.2, 0) is 18.8 Å². The van der Waals surface area contributed by atoms with Crippen molar-refractivity contribution >= 4 is 19.2 Å². The minimum absolute atomic E-state index is 0.203. The standard InChI is InChI=1S/C19H27BO4/c1-6-22-17(21)14-16(13-12-15-10-8-7-9-11-15)20-23-18(2,3)19(4,5)24-20/h7-13,16H,6,14H2,1-5H3/b13-12+/t16-/m0/s1. The molecule has 0 N–H and O–H groups in total. The first-order valence-corrected chi connectivity index (χ1v) is 8.49. The third kappa shape index (κ3) is 4.49. The number of rotatable bonds is 6. The molecule has 0 bridgehead atoms. The Morgan fingerprint density at radius 2 is 1.75 bits per heavy atom. The zero-order valence-electron chi connectivity index (χ0n) is 15.2. The van der Waals surface area contributed by atoms with E-state index in [4.69, 9.17) is 14.0 Å². The van der Waals surface area contributed by atoms with Gasteiger partial charge in [0, 0.05) is 5.82 Å². The second-order valence-corrected chi connectivity index (χ2v) is 7.07. The van der Waals surface area contributed by atoms with E-state index in [0.29, 0.717) is 6.61 Å². The van der Waals surface area contributed by atoms with E-state index in [1.165, 1.54) is 0 Å². The summed E-state index contributed by atoms with van der Waals surface area (Å²) in [7, 11) is -0.473. The molecule has 0 spiro atoms. The van der Waals surface area contributed by atoms with E-state index < -0.39 is 18.3 Å². The first-order valence-electron chi connectivity index (χ1n) is 8.49. The number of allylic oxidation sites excluding steroid dienone is 1. The Morgan fingerprint density at radius 1 is 1.17 bits per heavy atom. The van der Waals surface area contributed by atoms with Crippen LogP contribution < -0.4 is 0 Å². The third-order valence-electron chi connectivity index (χ3n) is 4.66. The van der Waals surface area contributed by atoms with Gasteiger partial charge in [-0.25, -0.2) is 0 Å². The van der Waals surface area contributed by atoms with Crippen LogP contribution in [0.3, 0.4) is 0 Å². The molecule has 24 heavy (non-hydrogen) atoms. The number of benzene rings is 1. The Labute approximate surface area is 145 Å². The van der Waals surface area contributed by atoms with Crippen molar-refractivity contribution < 1.29 is 18.8 Å². The normalized spacial score (nSPS) is 20.3. The summed E-state index contributed by atoms with van der Waals surface area (Å²) in [6, 6.07) is 9.97. The van der Waals surface area contributed by atoms with E-state index in [1.54, 1.807) is 0 Å². The minimum atomic E-state index is -0.473. The fraction of sp³-hybridized carbons (Fsp3) is 0.526. The number of carbonyl (C=O) groups excluding carboxylic acids is 1. The van der Waals surface area contributed by atoms with E-state index >= 15 is 0 Å². The van der Waals surface area contributed by atoms with Gasteiger partial charge in [-0.15, -0.1) is 0 Å². The minimum Gasteiger partial charge on any atom is -0.466 e. The molecule has 0 aromatic heterocycles. The maximum Gasteiger partial charge on any atom is 0.465 e. The molecule has 0 saturated carbocycles. The van der Waals surface area contributed by atoms with Crippen LogP contribution >= 0.6 is 0 Å². The van der Waals surface area contributed by atoms with Gasteiger partial charge in [0.25, 0.3) is 0 Å². The maximum absolute atomic E-state index is 12.0. The fourth-order valence-electron chi connectivity index (χ4n) is 2.53. The van der Waals surface area contributed by atoms with Crippen molar-refractivity contribution in [3.05, 3.63) is 42.0 Å². The van der Waals surface area contributed by atoms with Gasteiger partial charge in [-0.1, -0.05) is 42.5 Å². The Balaban J connectivity index is 2.17. The molecular weight excluding hydrogens is 303 g/mol. The summed E-state index contributed by atoms with van der Waals surface area (Å²) < 4.78 is 17.3. The second-order valence-electron chi connectivity index (χ2n) is 7.07. The lowest BCUT2D eigenvalue weighted by molar-refractivity contribution is -0.143. The molecule has 130 valence electrons. The molecule has 1 aliphatic heterocycles. The summed E-state index contributed by atoms with van der Waals surface area (Å²) >= 11 is 0. The van der Waals surface area contributed by atoms with E-state index in [0.717, 1.165) is 5.56 Å². The highest BCUT2D eigenvalue weighted by atomic mass is 16.7. The predicted octanol–water partition coefficient (Wildman–Crippen LogP) is 4.12. The summed E-state index contributed by atoms with van der Waals surface area (Å²) in [5.74, 6) is -0.444. The largest absolute Gasteiger partial charge is 0.466 e. The van der Waals surface area contributed by atoms with Gasteiger partial charge in [0.2, 0.25) is 0 Å². The van der Waals surface area contributed by atoms with Crippen molar-refractivity contribution in [2.45, 2.75) is 58.1 Å². The van der Waals surface area contributed by atoms with Gasteiger partial charge in [-0.3, -0.25) is 4.79 Å². The van der Waals surface area contributed by atoms with Crippen LogP contribution in [0.25, 0.3) is 6.08 Å². The highest BCUT2D eigenvalue weighted by molar-refractivity contribution is 6.48. The third-order valence-corrected chi connectivity index (χ3v) is 4.66. The van der Waals surface area contributed by atoms with Gasteiger partial charge in [-0.2, -0.15) is 0 Å². The lowest BCUT2D eigenvalue weighted by Gasteiger charge is -2.32. The number of hydrogen-bond acceptors (Lipinski definition) is 4. The lowest BCUT2D eigenvalue weighted by Crippen LogP contribution is -2.41. The molecule has 1 fully saturated rings. The number of ether oxygens (including phenoxy) is 1. The summed E-state index contributed by atoms with van der Waals surface area (Å²) in [5, 5.41) is 0. The van der Waals surface area contributed by atoms with Crippen molar-refractivity contribution in [2.75, 3.05) is 6.61 Å². The molecule has 0 unspecified atom stereocenters. The molecular formula is C19H27BO4. The first kappa shape index (κ1) is 18.7. The molecule has 1 aromatic rings. The predicted molar refractivity (Wildman–Crippen MR) is 96.6 cm³/mol. The highest BCUT2D eigenvalue weighted by Crippen LogP contribution is 2.41. The Morgan fingerprint density at radius 3 is 2.29 bits per heavy atom. The van der Waals surface area contributed by atoms with Crippen LogP contribution in [0.5, 0.6) is 0 Å². The first-order chi connectivity index (χ1) is 11.2. The number of carbonyl (C=O) groups is 1. The number of esters is 1.